The number of rotatable bonds is 13. The van der Waals surface area contributed by atoms with Gasteiger partial charge in [-0.3, -0.25) is 19.2 Å². The molecule has 2 rings (SSSR count). The van der Waals surface area contributed by atoms with Gasteiger partial charge in [-0.05, 0) is 30.4 Å². The Kier molecular flexibility index (Phi) is 11.3. The molecular formula is C27H33N3O7. The van der Waals surface area contributed by atoms with E-state index < -0.39 is 47.8 Å². The van der Waals surface area contributed by atoms with Crippen LogP contribution in [-0.4, -0.2) is 52.9 Å². The van der Waals surface area contributed by atoms with Crippen molar-refractivity contribution in [1.82, 2.24) is 16.0 Å². The lowest BCUT2D eigenvalue weighted by molar-refractivity contribution is -0.144. The summed E-state index contributed by atoms with van der Waals surface area (Å²) in [4.78, 5) is 62.1. The second-order valence-corrected chi connectivity index (χ2v) is 9.04. The summed E-state index contributed by atoms with van der Waals surface area (Å²) < 4.78 is 5.23. The average molecular weight is 512 g/mol. The van der Waals surface area contributed by atoms with E-state index in [1.54, 1.807) is 42.5 Å². The summed E-state index contributed by atoms with van der Waals surface area (Å²) in [7, 11) is 0. The van der Waals surface area contributed by atoms with Crippen LogP contribution in [0, 0.1) is 5.92 Å². The second kappa shape index (κ2) is 14.4. The maximum absolute atomic E-state index is 13.2. The number of ketones is 1. The lowest BCUT2D eigenvalue weighted by Crippen LogP contribution is -2.55. The smallest absolute Gasteiger partial charge is 0.408 e. The lowest BCUT2D eigenvalue weighted by atomic mass is 9.99. The van der Waals surface area contributed by atoms with Gasteiger partial charge in [0, 0.05) is 6.42 Å². The van der Waals surface area contributed by atoms with Crippen LogP contribution in [0.1, 0.15) is 38.3 Å². The molecule has 4 N–H and O–H groups in total. The van der Waals surface area contributed by atoms with E-state index in [0.29, 0.717) is 5.56 Å². The molecule has 0 aliphatic heterocycles. The number of aliphatic carboxylic acids is 1. The largest absolute Gasteiger partial charge is 0.480 e. The Labute approximate surface area is 215 Å². The lowest BCUT2D eigenvalue weighted by Gasteiger charge is -2.24. The summed E-state index contributed by atoms with van der Waals surface area (Å²) in [6, 6.07) is 14.2. The van der Waals surface area contributed by atoms with Crippen molar-refractivity contribution >= 4 is 29.7 Å². The second-order valence-electron chi connectivity index (χ2n) is 9.04. The number of hydrogen-bond acceptors (Lipinski definition) is 6. The molecule has 37 heavy (non-hydrogen) atoms. The first-order chi connectivity index (χ1) is 17.6. The van der Waals surface area contributed by atoms with E-state index >= 15 is 0 Å². The van der Waals surface area contributed by atoms with Crippen molar-refractivity contribution in [2.24, 2.45) is 5.92 Å². The van der Waals surface area contributed by atoms with Crippen LogP contribution in [0.15, 0.2) is 60.7 Å². The highest BCUT2D eigenvalue weighted by atomic mass is 16.5. The zero-order valence-corrected chi connectivity index (χ0v) is 21.1. The fourth-order valence-electron chi connectivity index (χ4n) is 3.43. The van der Waals surface area contributed by atoms with E-state index in [4.69, 9.17) is 9.84 Å². The Morgan fingerprint density at radius 1 is 0.784 bits per heavy atom. The third kappa shape index (κ3) is 10.1. The molecule has 0 bridgehead atoms. The Balaban J connectivity index is 2.14. The number of nitrogens with one attached hydrogen (secondary N) is 3. The standard InChI is InChI=1S/C27H33N3O7/c1-17(2)14-22(30-27(36)37-16-20-12-8-5-9-13-20)24(32)29-21(15-19-10-6-4-7-11-19)23(31)25(33)28-18(3)26(34)35/h4-13,17-18,21-22H,14-16H2,1-3H3,(H,28,33)(H,29,32)(H,30,36)(H,34,35)/t18-,21+,22-/m0/s1. The predicted octanol–water partition coefficient (Wildman–Crippen LogP) is 2.21. The number of Topliss-reactive ketones (excluding diaryl/α,β-unsaturated/α-hetero) is 1. The molecule has 0 radical (unpaired) electrons. The summed E-state index contributed by atoms with van der Waals surface area (Å²) >= 11 is 0. The zero-order chi connectivity index (χ0) is 27.4. The Morgan fingerprint density at radius 2 is 1.35 bits per heavy atom. The molecule has 0 saturated carbocycles. The number of carbonyl (C=O) groups is 5. The van der Waals surface area contributed by atoms with Crippen LogP contribution < -0.4 is 16.0 Å². The first-order valence-corrected chi connectivity index (χ1v) is 12.0. The van der Waals surface area contributed by atoms with Gasteiger partial charge in [0.05, 0.1) is 0 Å². The molecule has 3 amide bonds. The molecular weight excluding hydrogens is 478 g/mol. The van der Waals surface area contributed by atoms with Crippen LogP contribution in [0.2, 0.25) is 0 Å². The van der Waals surface area contributed by atoms with Gasteiger partial charge in [0.1, 0.15) is 24.7 Å². The number of alkyl carbamates (subject to hydrolysis) is 1. The number of hydrogen-bond donors (Lipinski definition) is 4. The monoisotopic (exact) mass is 511 g/mol. The topological polar surface area (TPSA) is 151 Å². The fourth-order valence-corrected chi connectivity index (χ4v) is 3.43. The van der Waals surface area contributed by atoms with E-state index in [1.165, 1.54) is 6.92 Å². The zero-order valence-electron chi connectivity index (χ0n) is 21.1. The SMILES string of the molecule is CC(C)C[C@H](NC(=O)OCc1ccccc1)C(=O)N[C@H](Cc1ccccc1)C(=O)C(=O)N[C@@H](C)C(=O)O. The maximum Gasteiger partial charge on any atom is 0.408 e. The minimum Gasteiger partial charge on any atom is -0.480 e. The molecule has 0 saturated heterocycles. The van der Waals surface area contributed by atoms with Crippen LogP contribution >= 0.6 is 0 Å². The van der Waals surface area contributed by atoms with Gasteiger partial charge in [-0.25, -0.2) is 4.79 Å². The average Bonchev–Trinajstić information content (AvgIpc) is 2.87. The minimum absolute atomic E-state index is 0.00681. The van der Waals surface area contributed by atoms with Crippen molar-refractivity contribution in [2.45, 2.75) is 58.3 Å². The van der Waals surface area contributed by atoms with Crippen LogP contribution in [0.4, 0.5) is 4.79 Å². The molecule has 0 aromatic heterocycles. The number of benzene rings is 2. The molecule has 0 fully saturated rings. The maximum atomic E-state index is 13.2. The van der Waals surface area contributed by atoms with Crippen molar-refractivity contribution in [1.29, 1.82) is 0 Å². The van der Waals surface area contributed by atoms with E-state index in [2.05, 4.69) is 16.0 Å². The molecule has 0 spiro atoms. The Morgan fingerprint density at radius 3 is 1.89 bits per heavy atom. The Hall–Kier alpha value is -4.21. The normalized spacial score (nSPS) is 13.1. The summed E-state index contributed by atoms with van der Waals surface area (Å²) in [5, 5.41) is 16.3. The van der Waals surface area contributed by atoms with E-state index in [1.807, 2.05) is 32.0 Å². The summed E-state index contributed by atoms with van der Waals surface area (Å²) in [6.45, 7) is 4.97. The number of carboxylic acids is 1. The highest BCUT2D eigenvalue weighted by molar-refractivity contribution is 6.38. The molecule has 198 valence electrons. The summed E-state index contributed by atoms with van der Waals surface area (Å²) in [5.41, 5.74) is 1.45. The van der Waals surface area contributed by atoms with Gasteiger partial charge >= 0.3 is 12.1 Å². The van der Waals surface area contributed by atoms with Crippen molar-refractivity contribution < 1.29 is 33.8 Å². The summed E-state index contributed by atoms with van der Waals surface area (Å²) in [5.74, 6) is -4.10. The molecule has 2 aromatic rings. The van der Waals surface area contributed by atoms with Crippen molar-refractivity contribution in [3.05, 3.63) is 71.8 Å². The van der Waals surface area contributed by atoms with Gasteiger partial charge in [0.2, 0.25) is 11.7 Å². The fraction of sp³-hybridized carbons (Fsp3) is 0.370. The van der Waals surface area contributed by atoms with Crippen molar-refractivity contribution in [3.8, 4) is 0 Å². The number of ether oxygens (including phenoxy) is 1. The van der Waals surface area contributed by atoms with Crippen molar-refractivity contribution in [3.63, 3.8) is 0 Å². The van der Waals surface area contributed by atoms with Gasteiger partial charge in [0.25, 0.3) is 5.91 Å². The van der Waals surface area contributed by atoms with Crippen molar-refractivity contribution in [2.75, 3.05) is 0 Å². The molecule has 0 unspecified atom stereocenters. The van der Waals surface area contributed by atoms with Gasteiger partial charge in [0.15, 0.2) is 0 Å². The molecule has 0 heterocycles. The first-order valence-electron chi connectivity index (χ1n) is 12.0. The third-order valence-corrected chi connectivity index (χ3v) is 5.39. The third-order valence-electron chi connectivity index (χ3n) is 5.39. The molecule has 2 aromatic carbocycles. The molecule has 10 heteroatoms. The minimum atomic E-state index is -1.31. The van der Waals surface area contributed by atoms with Gasteiger partial charge in [-0.2, -0.15) is 0 Å². The Bertz CT molecular complexity index is 1070. The van der Waals surface area contributed by atoms with Gasteiger partial charge < -0.3 is 25.8 Å². The summed E-state index contributed by atoms with van der Waals surface area (Å²) in [6.07, 6.45) is -0.558. The van der Waals surface area contributed by atoms with E-state index in [0.717, 1.165) is 5.56 Å². The number of amides is 3. The molecule has 3 atom stereocenters. The van der Waals surface area contributed by atoms with E-state index in [9.17, 15) is 24.0 Å². The quantitative estimate of drug-likeness (QED) is 0.301. The number of carboxylic acid groups (broad SMARTS) is 1. The molecule has 10 nitrogen and oxygen atoms in total. The van der Waals surface area contributed by atoms with Crippen LogP contribution in [0.25, 0.3) is 0 Å². The molecule has 0 aliphatic rings. The number of carbonyl (C=O) groups excluding carboxylic acids is 4. The van der Waals surface area contributed by atoms with Crippen LogP contribution in [0.5, 0.6) is 0 Å². The van der Waals surface area contributed by atoms with Gasteiger partial charge in [-0.15, -0.1) is 0 Å². The highest BCUT2D eigenvalue weighted by Crippen LogP contribution is 2.09. The van der Waals surface area contributed by atoms with Crippen LogP contribution in [0.3, 0.4) is 0 Å². The van der Waals surface area contributed by atoms with Crippen LogP contribution in [-0.2, 0) is 36.9 Å². The van der Waals surface area contributed by atoms with Gasteiger partial charge in [-0.1, -0.05) is 74.5 Å². The first kappa shape index (κ1) is 29.0. The molecule has 0 aliphatic carbocycles. The van der Waals surface area contributed by atoms with E-state index in [-0.39, 0.29) is 25.4 Å². The highest BCUT2D eigenvalue weighted by Gasteiger charge is 2.32. The predicted molar refractivity (Wildman–Crippen MR) is 135 cm³/mol.